The minimum Gasteiger partial charge on any atom is -0.329 e. The maximum atomic E-state index is 13.6. The third kappa shape index (κ3) is 7.83. The average Bonchev–Trinajstić information content (AvgIpc) is 2.88. The van der Waals surface area contributed by atoms with E-state index >= 15 is 0 Å². The quantitative estimate of drug-likeness (QED) is 0.157. The molecule has 1 atom stereocenters. The molecular weight excluding hydrogens is 550 g/mol. The number of alkyl halides is 3. The third-order valence-electron chi connectivity index (χ3n) is 5.72. The van der Waals surface area contributed by atoms with Gasteiger partial charge in [0.15, 0.2) is 0 Å². The molecule has 0 fully saturated rings. The Bertz CT molecular complexity index is 1530. The molecule has 0 aliphatic rings. The number of hydrogen-bond donors (Lipinski definition) is 3. The maximum Gasteiger partial charge on any atom is 0.416 e. The molecule has 0 aliphatic carbocycles. The SMILES string of the molecule is CN(c1ccc(CC(=O)Cc2cc(F)cc(C(F)(F)F)c2)cc1)c1ccnc(Nc2cccc(NS(=O)O)c2)n1. The van der Waals surface area contributed by atoms with E-state index in [1.807, 2.05) is 0 Å². The van der Waals surface area contributed by atoms with Crippen molar-refractivity contribution in [2.45, 2.75) is 19.0 Å². The second kappa shape index (κ2) is 12.2. The van der Waals surface area contributed by atoms with Crippen molar-refractivity contribution in [3.8, 4) is 0 Å². The van der Waals surface area contributed by atoms with Gasteiger partial charge in [-0.15, -0.1) is 0 Å². The molecule has 0 aliphatic heterocycles. The molecular formula is C27H23F4N5O3S. The fraction of sp³-hybridized carbons (Fsp3) is 0.148. The molecule has 0 saturated heterocycles. The zero-order chi connectivity index (χ0) is 28.9. The van der Waals surface area contributed by atoms with E-state index in [2.05, 4.69) is 20.0 Å². The van der Waals surface area contributed by atoms with Gasteiger partial charge in [-0.3, -0.25) is 14.1 Å². The number of hydrogen-bond acceptors (Lipinski definition) is 6. The molecule has 8 nitrogen and oxygen atoms in total. The van der Waals surface area contributed by atoms with E-state index in [9.17, 15) is 26.6 Å². The number of ketones is 1. The zero-order valence-electron chi connectivity index (χ0n) is 20.9. The van der Waals surface area contributed by atoms with Gasteiger partial charge in [-0.05, 0) is 65.7 Å². The van der Waals surface area contributed by atoms with E-state index < -0.39 is 28.8 Å². The van der Waals surface area contributed by atoms with Crippen LogP contribution < -0.4 is 14.9 Å². The first kappa shape index (κ1) is 28.6. The smallest absolute Gasteiger partial charge is 0.329 e. The van der Waals surface area contributed by atoms with Crippen LogP contribution in [0, 0.1) is 5.82 Å². The molecule has 0 saturated carbocycles. The monoisotopic (exact) mass is 573 g/mol. The Balaban J connectivity index is 1.40. The van der Waals surface area contributed by atoms with Crippen molar-refractivity contribution >= 4 is 45.9 Å². The van der Waals surface area contributed by atoms with E-state index in [0.717, 1.165) is 17.8 Å². The van der Waals surface area contributed by atoms with Crippen LogP contribution in [0.5, 0.6) is 0 Å². The van der Waals surface area contributed by atoms with Crippen molar-refractivity contribution in [1.82, 2.24) is 9.97 Å². The Kier molecular flexibility index (Phi) is 8.75. The topological polar surface area (TPSA) is 107 Å². The molecule has 1 aromatic heterocycles. The van der Waals surface area contributed by atoms with Crippen LogP contribution in [0.3, 0.4) is 0 Å². The number of Topliss-reactive ketones (excluding diaryl/α,β-unsaturated/α-hetero) is 1. The summed E-state index contributed by atoms with van der Waals surface area (Å²) in [5.74, 6) is -0.549. The van der Waals surface area contributed by atoms with E-state index in [1.165, 1.54) is 0 Å². The molecule has 0 radical (unpaired) electrons. The Morgan fingerprint density at radius 1 is 0.975 bits per heavy atom. The van der Waals surface area contributed by atoms with Gasteiger partial charge in [-0.2, -0.15) is 18.2 Å². The summed E-state index contributed by atoms with van der Waals surface area (Å²) in [6, 6.07) is 17.5. The van der Waals surface area contributed by atoms with Crippen LogP contribution in [0.4, 0.5) is 46.4 Å². The minimum atomic E-state index is -4.70. The lowest BCUT2D eigenvalue weighted by atomic mass is 10.0. The van der Waals surface area contributed by atoms with Crippen LogP contribution in [-0.2, 0) is 35.1 Å². The molecule has 40 heavy (non-hydrogen) atoms. The maximum absolute atomic E-state index is 13.6. The predicted octanol–water partition coefficient (Wildman–Crippen LogP) is 6.05. The number of benzene rings is 3. The van der Waals surface area contributed by atoms with E-state index in [0.29, 0.717) is 34.8 Å². The van der Waals surface area contributed by atoms with Crippen LogP contribution in [-0.4, -0.2) is 31.6 Å². The van der Waals surface area contributed by atoms with Crippen molar-refractivity contribution < 1.29 is 31.1 Å². The van der Waals surface area contributed by atoms with Crippen LogP contribution in [0.2, 0.25) is 0 Å². The fourth-order valence-electron chi connectivity index (χ4n) is 3.89. The Hall–Kier alpha value is -4.36. The van der Waals surface area contributed by atoms with Crippen LogP contribution in [0.25, 0.3) is 0 Å². The highest BCUT2D eigenvalue weighted by Crippen LogP contribution is 2.31. The number of nitrogens with one attached hydrogen (secondary N) is 2. The molecule has 3 N–H and O–H groups in total. The lowest BCUT2D eigenvalue weighted by Crippen LogP contribution is -2.13. The van der Waals surface area contributed by atoms with Gasteiger partial charge in [0.1, 0.15) is 17.4 Å². The van der Waals surface area contributed by atoms with Gasteiger partial charge in [-0.25, -0.2) is 13.6 Å². The summed E-state index contributed by atoms with van der Waals surface area (Å²) >= 11 is -2.21. The highest BCUT2D eigenvalue weighted by Gasteiger charge is 2.31. The number of rotatable bonds is 10. The molecule has 0 spiro atoms. The molecule has 1 unspecified atom stereocenters. The van der Waals surface area contributed by atoms with Gasteiger partial charge in [0.05, 0.1) is 11.3 Å². The molecule has 13 heteroatoms. The third-order valence-corrected chi connectivity index (χ3v) is 6.13. The minimum absolute atomic E-state index is 0.0266. The van der Waals surface area contributed by atoms with Gasteiger partial charge in [0.25, 0.3) is 11.3 Å². The zero-order valence-corrected chi connectivity index (χ0v) is 21.8. The van der Waals surface area contributed by atoms with Gasteiger partial charge < -0.3 is 10.2 Å². The summed E-state index contributed by atoms with van der Waals surface area (Å²) in [4.78, 5) is 23.0. The molecule has 0 amide bonds. The van der Waals surface area contributed by atoms with Crippen molar-refractivity contribution in [2.75, 3.05) is 22.0 Å². The van der Waals surface area contributed by atoms with Crippen LogP contribution in [0.1, 0.15) is 16.7 Å². The van der Waals surface area contributed by atoms with Crippen molar-refractivity contribution in [1.29, 1.82) is 0 Å². The Morgan fingerprint density at radius 2 is 1.68 bits per heavy atom. The summed E-state index contributed by atoms with van der Waals surface area (Å²) in [5, 5.41) is 3.04. The van der Waals surface area contributed by atoms with Gasteiger partial charge >= 0.3 is 6.18 Å². The second-order valence-electron chi connectivity index (χ2n) is 8.76. The summed E-state index contributed by atoms with van der Waals surface area (Å²) in [6.07, 6.45) is -3.49. The highest BCUT2D eigenvalue weighted by molar-refractivity contribution is 7.80. The summed E-state index contributed by atoms with van der Waals surface area (Å²) in [5.41, 5.74) is 1.26. The normalized spacial score (nSPS) is 12.1. The highest BCUT2D eigenvalue weighted by atomic mass is 32.2. The molecule has 4 aromatic rings. The van der Waals surface area contributed by atoms with Crippen molar-refractivity contribution in [2.24, 2.45) is 0 Å². The number of aromatic nitrogens is 2. The molecule has 1 heterocycles. The fourth-order valence-corrected chi connectivity index (χ4v) is 4.22. The first-order valence-electron chi connectivity index (χ1n) is 11.7. The largest absolute Gasteiger partial charge is 0.416 e. The molecule has 208 valence electrons. The van der Waals surface area contributed by atoms with E-state index in [-0.39, 0.29) is 24.2 Å². The number of carbonyl (C=O) groups excluding carboxylic acids is 1. The van der Waals surface area contributed by atoms with E-state index in [4.69, 9.17) is 4.55 Å². The molecule has 0 bridgehead atoms. The number of carbonyl (C=O) groups is 1. The summed E-state index contributed by atoms with van der Waals surface area (Å²) in [6.45, 7) is 0. The summed E-state index contributed by atoms with van der Waals surface area (Å²) in [7, 11) is 1.79. The molecule has 4 rings (SSSR count). The number of halogens is 4. The first-order chi connectivity index (χ1) is 19.0. The number of anilines is 5. The van der Waals surface area contributed by atoms with Crippen molar-refractivity contribution in [3.63, 3.8) is 0 Å². The summed E-state index contributed by atoms with van der Waals surface area (Å²) < 4.78 is 74.8. The van der Waals surface area contributed by atoms with Gasteiger partial charge in [0, 0.05) is 37.5 Å². The van der Waals surface area contributed by atoms with E-state index in [1.54, 1.807) is 72.7 Å². The Morgan fingerprint density at radius 3 is 2.38 bits per heavy atom. The standard InChI is InChI=1S/C27H23F4N5O3S/c1-36(25-9-10-32-26(34-25)33-21-3-2-4-22(16-21)35-40(38)39)23-7-5-17(6-8-23)13-24(37)14-18-11-19(27(29,30)31)15-20(28)12-18/h2-12,15-16,35H,13-14H2,1H3,(H,38,39)(H,32,33,34). The molecule has 3 aromatic carbocycles. The van der Waals surface area contributed by atoms with Gasteiger partial charge in [-0.1, -0.05) is 18.2 Å². The average molecular weight is 574 g/mol. The second-order valence-corrected chi connectivity index (χ2v) is 9.46. The van der Waals surface area contributed by atoms with Crippen molar-refractivity contribution in [3.05, 3.63) is 102 Å². The Labute approximate surface area is 229 Å². The predicted molar refractivity (Wildman–Crippen MR) is 144 cm³/mol. The lowest BCUT2D eigenvalue weighted by Gasteiger charge is -2.19. The van der Waals surface area contributed by atoms with Crippen LogP contribution >= 0.6 is 0 Å². The van der Waals surface area contributed by atoms with Crippen LogP contribution in [0.15, 0.2) is 79.0 Å². The lowest BCUT2D eigenvalue weighted by molar-refractivity contribution is -0.137. The first-order valence-corrected chi connectivity index (χ1v) is 12.9. The number of nitrogens with zero attached hydrogens (tertiary/aromatic N) is 3. The van der Waals surface area contributed by atoms with Gasteiger partial charge in [0.2, 0.25) is 5.95 Å².